The summed E-state index contributed by atoms with van der Waals surface area (Å²) >= 11 is 9.53. The van der Waals surface area contributed by atoms with Gasteiger partial charge in [-0.15, -0.1) is 23.2 Å². The molecule has 0 spiro atoms. The van der Waals surface area contributed by atoms with Gasteiger partial charge in [0.15, 0.2) is 11.6 Å². The van der Waals surface area contributed by atoms with Gasteiger partial charge in [0.2, 0.25) is 0 Å². The average Bonchev–Trinajstić information content (AvgIpc) is 1.59. The Morgan fingerprint density at radius 2 is 0.826 bits per heavy atom. The summed E-state index contributed by atoms with van der Waals surface area (Å²) in [5.41, 5.74) is -1.35. The minimum Gasteiger partial charge on any atom is -0.857 e. The van der Waals surface area contributed by atoms with Crippen LogP contribution in [-0.2, 0) is 52.4 Å². The Kier molecular flexibility index (Phi) is 25.5. The molecule has 17 unspecified atom stereocenters. The summed E-state index contributed by atoms with van der Waals surface area (Å²) in [6, 6.07) is 0. The molecule has 3 aliphatic heterocycles. The first-order valence-corrected chi connectivity index (χ1v) is 43.0. The predicted molar refractivity (Wildman–Crippen MR) is 401 cm³/mol. The molecule has 0 aromatic rings. The number of rotatable bonds is 1. The van der Waals surface area contributed by atoms with E-state index in [-0.39, 0.29) is 133 Å². The third-order valence-corrected chi connectivity index (χ3v) is 34.9. The summed E-state index contributed by atoms with van der Waals surface area (Å²) in [6.07, 6.45) is 20.4. The number of ether oxygens (including phenoxy) is 6. The normalized spacial score (nSPS) is 53.9. The zero-order valence-corrected chi connectivity index (χ0v) is 71.5. The summed E-state index contributed by atoms with van der Waals surface area (Å²) in [5.74, 6) is 4.40. The first-order chi connectivity index (χ1) is 50.9. The van der Waals surface area contributed by atoms with Gasteiger partial charge in [0.05, 0.1) is 84.7 Å². The molecule has 16 aliphatic carbocycles. The average molecular weight is 1580 g/mol. The Morgan fingerprint density at radius 3 is 1.31 bits per heavy atom. The molecule has 0 aromatic carbocycles. The van der Waals surface area contributed by atoms with Crippen LogP contribution in [0.2, 0.25) is 0 Å². The van der Waals surface area contributed by atoms with E-state index in [0.717, 1.165) is 110 Å². The number of hydrogen-bond donors (Lipinski definition) is 8. The van der Waals surface area contributed by atoms with Crippen LogP contribution in [0.3, 0.4) is 0 Å². The SMILES string of the molecule is CC(=O)O[C@@H]1C2[C@@H](O)[C@H](O)C3C(CC[C@]4(C)C(=O)CCC34)[C@@]2(C)CC[C@H]1O.CC1(C)O[C@@H]2C3C(CC[C@]4(C)C(=O)CCC34)[C@@]3(C)CC[C@H]4O[C@H]4C3[C@H]2O1.CC1(C)O[C@@H]2C3C=CCCC3C3CC[C@]4(C)C(=O)CCC4C3[C@H]2O1.CO.C[C@]12CC[C@@H](O)[C@H](O)C1[C@@H](O)[C@H](O)C1C2CC[C@]2(C)C(=O)CCC12.C[O-].ClCCl.[Na+]. The number of aliphatic hydroxyl groups is 8. The van der Waals surface area contributed by atoms with Gasteiger partial charge in [-0.25, -0.2) is 0 Å². The molecule has 23 heteroatoms. The number of ketones is 4. The molecule has 15 saturated carbocycles. The third kappa shape index (κ3) is 14.0. The zero-order chi connectivity index (χ0) is 78.6. The van der Waals surface area contributed by atoms with E-state index in [1.165, 1.54) is 45.4 Å². The second-order valence-electron chi connectivity index (χ2n) is 39.9. The van der Waals surface area contributed by atoms with Crippen LogP contribution in [0.25, 0.3) is 0 Å². The van der Waals surface area contributed by atoms with Gasteiger partial charge < -0.3 is 74.4 Å². The molecular weight excluding hydrogens is 1450 g/mol. The maximum Gasteiger partial charge on any atom is 1.00 e. The van der Waals surface area contributed by atoms with Crippen molar-refractivity contribution in [3.05, 3.63) is 12.2 Å². The molecule has 0 aromatic heterocycles. The second kappa shape index (κ2) is 31.9. The first-order valence-electron chi connectivity index (χ1n) is 42.0. The molecule has 612 valence electrons. The molecule has 19 rings (SSSR count). The van der Waals surface area contributed by atoms with E-state index in [1.54, 1.807) is 0 Å². The zero-order valence-electron chi connectivity index (χ0n) is 68.0. The van der Waals surface area contributed by atoms with Crippen LogP contribution in [0.4, 0.5) is 0 Å². The van der Waals surface area contributed by atoms with Crippen molar-refractivity contribution in [2.75, 3.05) is 19.6 Å². The summed E-state index contributed by atoms with van der Waals surface area (Å²) in [5, 5.41) is 90.5. The van der Waals surface area contributed by atoms with Crippen molar-refractivity contribution in [2.24, 2.45) is 139 Å². The Hall–Kier alpha value is -1.09. The monoisotopic (exact) mass is 1580 g/mol. The Bertz CT molecular complexity index is 3360. The number of fused-ring (bicyclic) bond motifs is 28. The van der Waals surface area contributed by atoms with Crippen molar-refractivity contribution in [3.8, 4) is 0 Å². The van der Waals surface area contributed by atoms with Crippen LogP contribution in [0, 0.1) is 139 Å². The predicted octanol–water partition coefficient (Wildman–Crippen LogP) is 7.15. The van der Waals surface area contributed by atoms with Crippen LogP contribution in [-0.4, -0.2) is 187 Å². The van der Waals surface area contributed by atoms with Gasteiger partial charge in [0, 0.05) is 85.0 Å². The molecule has 18 fully saturated rings. The van der Waals surface area contributed by atoms with Crippen LogP contribution < -0.4 is 34.7 Å². The number of epoxide rings is 1. The Labute approximate surface area is 680 Å². The first kappa shape index (κ1) is 87.2. The number of esters is 1. The van der Waals surface area contributed by atoms with Gasteiger partial charge >= 0.3 is 35.5 Å². The molecule has 0 amide bonds. The molecule has 0 bridgehead atoms. The summed E-state index contributed by atoms with van der Waals surface area (Å²) in [4.78, 5) is 62.0. The molecular formula is C86H133Cl2NaO20. The van der Waals surface area contributed by atoms with Crippen molar-refractivity contribution < 1.29 is 128 Å². The Balaban J connectivity index is 0.000000131. The van der Waals surface area contributed by atoms with E-state index in [0.29, 0.717) is 103 Å². The molecule has 20 nitrogen and oxygen atoms in total. The molecule has 109 heavy (non-hydrogen) atoms. The Morgan fingerprint density at radius 1 is 0.440 bits per heavy atom. The fourth-order valence-electron chi connectivity index (χ4n) is 29.9. The third-order valence-electron chi connectivity index (χ3n) is 34.9. The van der Waals surface area contributed by atoms with E-state index in [2.05, 4.69) is 74.5 Å². The molecule has 3 heterocycles. The summed E-state index contributed by atoms with van der Waals surface area (Å²) < 4.78 is 37.6. The van der Waals surface area contributed by atoms with Crippen molar-refractivity contribution >= 4 is 52.3 Å². The topological polar surface area (TPSA) is 329 Å². The van der Waals surface area contributed by atoms with Crippen LogP contribution in [0.1, 0.15) is 237 Å². The number of alkyl halides is 2. The smallest absolute Gasteiger partial charge is 0.857 e. The standard InChI is InChI=1S/C22H32O4.C21H32O6.C21H30O3.C19H30O5.CH2Cl2.CH4O.CH3O.Na/c1-20(2)25-18-15-11-5-6-14(23)21(11,3)9-7-12(15)22(4)10-8-13-17(24-13)16(22)19(18)26-20;1-10(22)27-19-13(23)7-9-21(3)12-6-8-20(2)11(4-5-14(20)24)15(12)17(25)18(26)16(19)21;1-20(2)23-18-14-7-5-4-6-12(14)13-10-11-21(3)15(8-9-16(21)22)17(13)19(18)24-20;1-18-7-5-10-13(9(18)3-4-12(18)21)16(23)17(24)14-15(22)11(20)6-8-19(10,14)2;2-1-3;2*1-2;/h11-13,15-19H,5-10H2,1-4H3;11-13,15-19,23,25-26H,4-9H2,1-3H3;5,7,12-15,17-19H,4,6,8-11H2,1-3H3;9-11,13-17,20,22-24H,3-8H2,1-2H3;1H2;2H,1H3;1H3;/q;;;;;;-1;+1/t11?,12?,13-,15?,16?,17-,18-,19-,21+,22-;11?,12?,13-,15?,16?,17-,18-,19+,20+,21-;12?,13?,14?,15?,17?,18-,19-,21+;9?,10?,11-,13?,14?,15+,16-,17-,18+,19-;;;;/m1111..../s1. The van der Waals surface area contributed by atoms with Gasteiger partial charge in [-0.3, -0.25) is 24.0 Å². The summed E-state index contributed by atoms with van der Waals surface area (Å²) in [7, 11) is 1.75. The fraction of sp³-hybridized carbons (Fsp3) is 0.919. The second-order valence-corrected chi connectivity index (χ2v) is 40.7. The van der Waals surface area contributed by atoms with E-state index < -0.39 is 83.6 Å². The molecule has 0 radical (unpaired) electrons. The minimum atomic E-state index is -1.08. The van der Waals surface area contributed by atoms with Gasteiger partial charge in [-0.2, -0.15) is 7.11 Å². The van der Waals surface area contributed by atoms with Crippen LogP contribution in [0.15, 0.2) is 12.2 Å². The molecule has 19 aliphatic rings. The van der Waals surface area contributed by atoms with Crippen molar-refractivity contribution in [3.63, 3.8) is 0 Å². The minimum absolute atomic E-state index is 0. The van der Waals surface area contributed by atoms with E-state index in [1.807, 2.05) is 13.8 Å². The number of Topliss-reactive ketones (excluding diaryl/α,β-unsaturated/α-hetero) is 4. The van der Waals surface area contributed by atoms with Gasteiger partial charge in [0.25, 0.3) is 0 Å². The number of aliphatic hydroxyl groups excluding tert-OH is 8. The van der Waals surface area contributed by atoms with Crippen molar-refractivity contribution in [1.29, 1.82) is 0 Å². The van der Waals surface area contributed by atoms with Crippen LogP contribution in [0.5, 0.6) is 0 Å². The number of carbonyl (C=O) groups is 5. The fourth-order valence-corrected chi connectivity index (χ4v) is 29.9. The molecule has 3 saturated heterocycles. The van der Waals surface area contributed by atoms with Gasteiger partial charge in [-0.1, -0.05) is 60.6 Å². The van der Waals surface area contributed by atoms with Crippen molar-refractivity contribution in [1.82, 2.24) is 0 Å². The number of hydrogen-bond acceptors (Lipinski definition) is 20. The van der Waals surface area contributed by atoms with Crippen molar-refractivity contribution in [2.45, 2.75) is 334 Å². The number of allylic oxidation sites excluding steroid dienone is 1. The number of carbonyl (C=O) groups excluding carboxylic acids is 5. The molecule has 8 N–H and O–H groups in total. The van der Waals surface area contributed by atoms with Crippen LogP contribution >= 0.6 is 23.2 Å². The maximum atomic E-state index is 12.8. The largest absolute Gasteiger partial charge is 1.00 e. The quantitative estimate of drug-likeness (QED) is 0.0424. The van der Waals surface area contributed by atoms with E-state index in [4.69, 9.17) is 61.8 Å². The number of halogens is 2. The van der Waals surface area contributed by atoms with Gasteiger partial charge in [-0.05, 0) is 249 Å². The van der Waals surface area contributed by atoms with E-state index >= 15 is 0 Å². The maximum absolute atomic E-state index is 12.8. The van der Waals surface area contributed by atoms with Gasteiger partial charge in [0.1, 0.15) is 29.2 Å². The van der Waals surface area contributed by atoms with E-state index in [9.17, 15) is 59.7 Å². The summed E-state index contributed by atoms with van der Waals surface area (Å²) in [6.45, 7) is 24.8. The molecule has 38 atom stereocenters.